The van der Waals surface area contributed by atoms with E-state index in [4.69, 9.17) is 4.74 Å². The lowest BCUT2D eigenvalue weighted by Crippen LogP contribution is -2.40. The Morgan fingerprint density at radius 3 is 2.21 bits per heavy atom. The quantitative estimate of drug-likeness (QED) is 0.705. The summed E-state index contributed by atoms with van der Waals surface area (Å²) in [4.78, 5) is 31.5. The first-order valence-electron chi connectivity index (χ1n) is 9.87. The number of hydrogen-bond donors (Lipinski definition) is 0. The molecule has 0 aliphatic carbocycles. The highest BCUT2D eigenvalue weighted by molar-refractivity contribution is 8.04. The van der Waals surface area contributed by atoms with E-state index in [0.29, 0.717) is 42.6 Å². The van der Waals surface area contributed by atoms with Crippen LogP contribution in [0.3, 0.4) is 0 Å². The van der Waals surface area contributed by atoms with E-state index < -0.39 is 0 Å². The van der Waals surface area contributed by atoms with Crippen LogP contribution in [0, 0.1) is 6.92 Å². The van der Waals surface area contributed by atoms with E-state index in [0.717, 1.165) is 16.9 Å². The molecule has 2 aliphatic rings. The van der Waals surface area contributed by atoms with E-state index in [2.05, 4.69) is 6.92 Å². The number of nitrogens with zero attached hydrogens (tertiary/aromatic N) is 2. The number of carbonyl (C=O) groups excluding carboxylic acids is 2. The van der Waals surface area contributed by atoms with Gasteiger partial charge in [-0.25, -0.2) is 4.90 Å². The van der Waals surface area contributed by atoms with Crippen LogP contribution >= 0.6 is 11.8 Å². The predicted molar refractivity (Wildman–Crippen MR) is 115 cm³/mol. The summed E-state index contributed by atoms with van der Waals surface area (Å²) in [5, 5.41) is 0. The molecule has 29 heavy (non-hydrogen) atoms. The minimum absolute atomic E-state index is 0.254. The van der Waals surface area contributed by atoms with Crippen molar-refractivity contribution in [1.29, 1.82) is 0 Å². The number of hydrogen-bond acceptors (Lipinski definition) is 5. The van der Waals surface area contributed by atoms with Crippen molar-refractivity contribution < 1.29 is 14.3 Å². The fourth-order valence-electron chi connectivity index (χ4n) is 3.50. The van der Waals surface area contributed by atoms with Gasteiger partial charge in [0.1, 0.15) is 10.6 Å². The van der Waals surface area contributed by atoms with Crippen LogP contribution in [0.4, 0.5) is 5.69 Å². The normalized spacial score (nSPS) is 17.4. The molecular weight excluding hydrogens is 384 g/mol. The molecule has 0 unspecified atom stereocenters. The van der Waals surface area contributed by atoms with Crippen LogP contribution in [-0.4, -0.2) is 43.0 Å². The predicted octanol–water partition coefficient (Wildman–Crippen LogP) is 3.77. The van der Waals surface area contributed by atoms with Gasteiger partial charge in [0.2, 0.25) is 0 Å². The van der Waals surface area contributed by atoms with Crippen molar-refractivity contribution in [1.82, 2.24) is 4.90 Å². The highest BCUT2D eigenvalue weighted by atomic mass is 32.2. The molecule has 5 nitrogen and oxygen atoms in total. The monoisotopic (exact) mass is 408 g/mol. The number of rotatable bonds is 5. The molecule has 2 aromatic carbocycles. The number of morpholine rings is 1. The molecule has 2 aromatic rings. The van der Waals surface area contributed by atoms with Gasteiger partial charge in [0.25, 0.3) is 11.8 Å². The first-order chi connectivity index (χ1) is 14.1. The Kier molecular flexibility index (Phi) is 5.74. The Bertz CT molecular complexity index is 945. The van der Waals surface area contributed by atoms with Crippen LogP contribution < -0.4 is 4.90 Å². The van der Waals surface area contributed by atoms with E-state index >= 15 is 0 Å². The van der Waals surface area contributed by atoms with Gasteiger partial charge in [-0.2, -0.15) is 0 Å². The number of benzene rings is 2. The van der Waals surface area contributed by atoms with Gasteiger partial charge >= 0.3 is 0 Å². The van der Waals surface area contributed by atoms with E-state index in [1.807, 2.05) is 60.4 Å². The molecule has 6 heteroatoms. The standard InChI is InChI=1S/C23H24N2O3S/c1-3-17-6-8-18(9-7-17)25-22(26)20(24-12-14-28-15-13-24)21(23(25)27)29-19-10-4-16(2)5-11-19/h4-11H,3,12-15H2,1-2H3. The average molecular weight is 409 g/mol. The summed E-state index contributed by atoms with van der Waals surface area (Å²) in [5.41, 5.74) is 3.43. The van der Waals surface area contributed by atoms with Crippen molar-refractivity contribution in [3.05, 3.63) is 70.3 Å². The Balaban J connectivity index is 1.71. The second kappa shape index (κ2) is 8.43. The highest BCUT2D eigenvalue weighted by Crippen LogP contribution is 2.39. The minimum atomic E-state index is -0.258. The van der Waals surface area contributed by atoms with Crippen molar-refractivity contribution in [2.24, 2.45) is 0 Å². The van der Waals surface area contributed by atoms with Gasteiger partial charge in [0.15, 0.2) is 0 Å². The van der Waals surface area contributed by atoms with Gasteiger partial charge < -0.3 is 9.64 Å². The van der Waals surface area contributed by atoms with Crippen LogP contribution in [0.15, 0.2) is 64.0 Å². The number of imide groups is 1. The van der Waals surface area contributed by atoms with Crippen molar-refractivity contribution >= 4 is 29.3 Å². The number of ether oxygens (including phenoxy) is 1. The maximum atomic E-state index is 13.4. The molecule has 150 valence electrons. The zero-order valence-electron chi connectivity index (χ0n) is 16.7. The molecule has 2 heterocycles. The summed E-state index contributed by atoms with van der Waals surface area (Å²) in [5.74, 6) is -0.512. The molecule has 4 rings (SSSR count). The molecule has 2 aliphatic heterocycles. The zero-order chi connectivity index (χ0) is 20.4. The fraction of sp³-hybridized carbons (Fsp3) is 0.304. The smallest absolute Gasteiger partial charge is 0.283 e. The van der Waals surface area contributed by atoms with Crippen LogP contribution in [-0.2, 0) is 20.7 Å². The number of thioether (sulfide) groups is 1. The molecule has 0 aromatic heterocycles. The maximum Gasteiger partial charge on any atom is 0.283 e. The molecule has 0 spiro atoms. The summed E-state index contributed by atoms with van der Waals surface area (Å²) in [6.07, 6.45) is 0.911. The maximum absolute atomic E-state index is 13.4. The second-order valence-electron chi connectivity index (χ2n) is 7.16. The van der Waals surface area contributed by atoms with Crippen LogP contribution in [0.2, 0.25) is 0 Å². The first-order valence-corrected chi connectivity index (χ1v) is 10.7. The van der Waals surface area contributed by atoms with Gasteiger partial charge in [-0.3, -0.25) is 9.59 Å². The SMILES string of the molecule is CCc1ccc(N2C(=O)C(Sc3ccc(C)cc3)=C(N3CCOCC3)C2=O)cc1. The number of aryl methyl sites for hydroxylation is 2. The lowest BCUT2D eigenvalue weighted by molar-refractivity contribution is -0.121. The lowest BCUT2D eigenvalue weighted by Gasteiger charge is -2.29. The summed E-state index contributed by atoms with van der Waals surface area (Å²) in [6, 6.07) is 15.6. The number of anilines is 1. The first kappa shape index (κ1) is 19.7. The van der Waals surface area contributed by atoms with Crippen LogP contribution in [0.5, 0.6) is 0 Å². The largest absolute Gasteiger partial charge is 0.378 e. The molecule has 0 atom stereocenters. The Morgan fingerprint density at radius 1 is 0.931 bits per heavy atom. The number of amides is 2. The molecule has 0 radical (unpaired) electrons. The summed E-state index contributed by atoms with van der Waals surface area (Å²) < 4.78 is 5.44. The van der Waals surface area contributed by atoms with E-state index in [9.17, 15) is 9.59 Å². The van der Waals surface area contributed by atoms with E-state index in [1.54, 1.807) is 0 Å². The molecule has 0 saturated carbocycles. The lowest BCUT2D eigenvalue weighted by atomic mass is 10.1. The van der Waals surface area contributed by atoms with Crippen molar-refractivity contribution in [2.75, 3.05) is 31.2 Å². The molecule has 0 bridgehead atoms. The van der Waals surface area contributed by atoms with E-state index in [-0.39, 0.29) is 11.8 Å². The van der Waals surface area contributed by atoms with Crippen molar-refractivity contribution in [3.8, 4) is 0 Å². The molecule has 2 amide bonds. The zero-order valence-corrected chi connectivity index (χ0v) is 17.5. The summed E-state index contributed by atoms with van der Waals surface area (Å²) >= 11 is 1.36. The third kappa shape index (κ3) is 3.95. The third-order valence-corrected chi connectivity index (χ3v) is 6.27. The summed E-state index contributed by atoms with van der Waals surface area (Å²) in [7, 11) is 0. The molecule has 1 saturated heterocycles. The van der Waals surface area contributed by atoms with Gasteiger partial charge in [-0.15, -0.1) is 0 Å². The fourth-order valence-corrected chi connectivity index (χ4v) is 4.49. The highest BCUT2D eigenvalue weighted by Gasteiger charge is 2.42. The molecule has 0 N–H and O–H groups in total. The Morgan fingerprint density at radius 2 is 1.59 bits per heavy atom. The number of carbonyl (C=O) groups is 2. The van der Waals surface area contributed by atoms with Crippen LogP contribution in [0.1, 0.15) is 18.1 Å². The topological polar surface area (TPSA) is 49.9 Å². The van der Waals surface area contributed by atoms with Gasteiger partial charge in [-0.1, -0.05) is 48.5 Å². The van der Waals surface area contributed by atoms with Gasteiger partial charge in [0.05, 0.1) is 18.9 Å². The van der Waals surface area contributed by atoms with Crippen LogP contribution in [0.25, 0.3) is 0 Å². The third-order valence-electron chi connectivity index (χ3n) is 5.19. The average Bonchev–Trinajstić information content (AvgIpc) is 3.00. The van der Waals surface area contributed by atoms with Crippen molar-refractivity contribution in [3.63, 3.8) is 0 Å². The summed E-state index contributed by atoms with van der Waals surface area (Å²) in [6.45, 7) is 6.43. The minimum Gasteiger partial charge on any atom is -0.378 e. The Hall–Kier alpha value is -2.57. The van der Waals surface area contributed by atoms with Crippen molar-refractivity contribution in [2.45, 2.75) is 25.2 Å². The second-order valence-corrected chi connectivity index (χ2v) is 8.24. The van der Waals surface area contributed by atoms with Gasteiger partial charge in [-0.05, 0) is 43.2 Å². The van der Waals surface area contributed by atoms with E-state index in [1.165, 1.54) is 22.2 Å². The van der Waals surface area contributed by atoms with Gasteiger partial charge in [0, 0.05) is 18.0 Å². The molecular formula is C23H24N2O3S. The Labute approximate surface area is 175 Å². The molecule has 1 fully saturated rings.